The first-order chi connectivity index (χ1) is 9.78. The number of aromatic nitrogens is 1. The molecule has 2 aromatic rings. The van der Waals surface area contributed by atoms with Crippen molar-refractivity contribution < 1.29 is 4.74 Å². The largest absolute Gasteiger partial charge is 0.497 e. The van der Waals surface area contributed by atoms with E-state index in [1.54, 1.807) is 7.11 Å². The summed E-state index contributed by atoms with van der Waals surface area (Å²) in [4.78, 5) is 4.19. The van der Waals surface area contributed by atoms with Crippen molar-refractivity contribution in [1.29, 1.82) is 0 Å². The molecule has 1 aromatic carbocycles. The van der Waals surface area contributed by atoms with E-state index >= 15 is 0 Å². The average molecular weight is 268 g/mol. The van der Waals surface area contributed by atoms with Gasteiger partial charge in [-0.25, -0.2) is 0 Å². The van der Waals surface area contributed by atoms with Crippen LogP contribution in [0.25, 0.3) is 0 Å². The number of methoxy groups -OCH3 is 1. The van der Waals surface area contributed by atoms with E-state index in [-0.39, 0.29) is 0 Å². The van der Waals surface area contributed by atoms with E-state index in [0.717, 1.165) is 18.6 Å². The van der Waals surface area contributed by atoms with Gasteiger partial charge < -0.3 is 10.1 Å². The molecule has 3 heteroatoms. The predicted octanol–water partition coefficient (Wildman–Crippen LogP) is 3.43. The molecule has 0 aliphatic heterocycles. The van der Waals surface area contributed by atoms with Crippen molar-refractivity contribution >= 4 is 0 Å². The van der Waals surface area contributed by atoms with Crippen LogP contribution in [0.15, 0.2) is 42.7 Å². The minimum absolute atomic E-state index is 0.297. The summed E-state index contributed by atoms with van der Waals surface area (Å²) < 4.78 is 5.34. The first-order valence-corrected chi connectivity index (χ1v) is 7.10. The van der Waals surface area contributed by atoms with E-state index in [4.69, 9.17) is 4.74 Å². The Morgan fingerprint density at radius 1 is 1.35 bits per heavy atom. The maximum Gasteiger partial charge on any atom is 0.119 e. The Labute approximate surface area is 120 Å². The number of aryl methyl sites for hydroxylation is 1. The lowest BCUT2D eigenvalue weighted by Gasteiger charge is -2.20. The Morgan fingerprint density at radius 2 is 2.25 bits per heavy atom. The van der Waals surface area contributed by atoms with Gasteiger partial charge in [-0.05, 0) is 54.7 Å². The Hall–Kier alpha value is -1.87. The second kappa shape index (κ2) is 5.63. The van der Waals surface area contributed by atoms with Gasteiger partial charge in [-0.3, -0.25) is 4.98 Å². The number of pyridine rings is 1. The van der Waals surface area contributed by atoms with Gasteiger partial charge in [0.2, 0.25) is 0 Å². The van der Waals surface area contributed by atoms with Crippen LogP contribution in [0.4, 0.5) is 0 Å². The molecule has 1 aliphatic rings. The molecule has 0 saturated carbocycles. The summed E-state index contributed by atoms with van der Waals surface area (Å²) in [7, 11) is 1.72. The molecule has 1 aromatic heterocycles. The number of nitrogens with one attached hydrogen (secondary N) is 1. The van der Waals surface area contributed by atoms with Gasteiger partial charge >= 0.3 is 0 Å². The number of hydrogen-bond acceptors (Lipinski definition) is 3. The van der Waals surface area contributed by atoms with Gasteiger partial charge in [0.05, 0.1) is 7.11 Å². The first kappa shape index (κ1) is 13.1. The molecule has 0 radical (unpaired) electrons. The highest BCUT2D eigenvalue weighted by Gasteiger charge is 2.24. The lowest BCUT2D eigenvalue weighted by Crippen LogP contribution is -2.23. The third-order valence-electron chi connectivity index (χ3n) is 4.07. The topological polar surface area (TPSA) is 34.1 Å². The standard InChI is InChI=1S/C17H20N2O/c1-12(14-4-3-9-18-11-14)19-17-8-6-13-5-7-15(20-2)10-16(13)17/h3-5,7,9-12,17,19H,6,8H2,1-2H3/t12-,17?/m1/s1. The van der Waals surface area contributed by atoms with E-state index in [9.17, 15) is 0 Å². The molecule has 0 saturated heterocycles. The van der Waals surface area contributed by atoms with Crippen molar-refractivity contribution in [3.63, 3.8) is 0 Å². The summed E-state index contributed by atoms with van der Waals surface area (Å²) in [5.74, 6) is 0.937. The smallest absolute Gasteiger partial charge is 0.119 e. The van der Waals surface area contributed by atoms with Crippen molar-refractivity contribution in [3.8, 4) is 5.75 Å². The lowest BCUT2D eigenvalue weighted by atomic mass is 10.1. The van der Waals surface area contributed by atoms with Crippen LogP contribution in [0.2, 0.25) is 0 Å². The summed E-state index contributed by atoms with van der Waals surface area (Å²) in [6.45, 7) is 2.19. The zero-order valence-corrected chi connectivity index (χ0v) is 12.0. The summed E-state index contributed by atoms with van der Waals surface area (Å²) in [5, 5.41) is 3.71. The summed E-state index contributed by atoms with van der Waals surface area (Å²) >= 11 is 0. The fourth-order valence-corrected chi connectivity index (χ4v) is 2.91. The third kappa shape index (κ3) is 2.54. The number of hydrogen-bond donors (Lipinski definition) is 1. The summed E-state index contributed by atoms with van der Waals surface area (Å²) in [6.07, 6.45) is 6.02. The van der Waals surface area contributed by atoms with Crippen LogP contribution in [0, 0.1) is 0 Å². The Bertz CT molecular complexity index is 583. The van der Waals surface area contributed by atoms with E-state index in [1.807, 2.05) is 24.5 Å². The SMILES string of the molecule is COc1ccc2c(c1)C(N[C@H](C)c1cccnc1)CC2. The lowest BCUT2D eigenvalue weighted by molar-refractivity contribution is 0.412. The molecule has 0 amide bonds. The van der Waals surface area contributed by atoms with Gasteiger partial charge in [-0.2, -0.15) is 0 Å². The Kier molecular flexibility index (Phi) is 3.70. The molecule has 104 valence electrons. The van der Waals surface area contributed by atoms with Crippen LogP contribution < -0.4 is 10.1 Å². The highest BCUT2D eigenvalue weighted by atomic mass is 16.5. The highest BCUT2D eigenvalue weighted by molar-refractivity contribution is 5.41. The molecule has 3 rings (SSSR count). The molecular formula is C17H20N2O. The number of benzene rings is 1. The van der Waals surface area contributed by atoms with Crippen LogP contribution >= 0.6 is 0 Å². The van der Waals surface area contributed by atoms with Crippen molar-refractivity contribution in [3.05, 3.63) is 59.4 Å². The summed E-state index contributed by atoms with van der Waals surface area (Å²) in [6, 6.07) is 11.2. The summed E-state index contributed by atoms with van der Waals surface area (Å²) in [5.41, 5.74) is 4.03. The zero-order valence-electron chi connectivity index (χ0n) is 12.0. The predicted molar refractivity (Wildman–Crippen MR) is 79.8 cm³/mol. The van der Waals surface area contributed by atoms with Gasteiger partial charge in [-0.1, -0.05) is 12.1 Å². The minimum atomic E-state index is 0.297. The monoisotopic (exact) mass is 268 g/mol. The second-order valence-electron chi connectivity index (χ2n) is 5.33. The van der Waals surface area contributed by atoms with Crippen molar-refractivity contribution in [2.75, 3.05) is 7.11 Å². The first-order valence-electron chi connectivity index (χ1n) is 7.10. The fraction of sp³-hybridized carbons (Fsp3) is 0.353. The van der Waals surface area contributed by atoms with Gasteiger partial charge in [0.15, 0.2) is 0 Å². The fourth-order valence-electron chi connectivity index (χ4n) is 2.91. The van der Waals surface area contributed by atoms with Gasteiger partial charge in [0.1, 0.15) is 5.75 Å². The van der Waals surface area contributed by atoms with Crippen molar-refractivity contribution in [2.45, 2.75) is 31.8 Å². The molecule has 0 spiro atoms. The normalized spacial score (nSPS) is 18.6. The van der Waals surface area contributed by atoms with Crippen molar-refractivity contribution in [1.82, 2.24) is 10.3 Å². The molecule has 0 fully saturated rings. The molecule has 1 unspecified atom stereocenters. The maximum atomic E-state index is 5.34. The number of rotatable bonds is 4. The minimum Gasteiger partial charge on any atom is -0.497 e. The van der Waals surface area contributed by atoms with Gasteiger partial charge in [0, 0.05) is 24.5 Å². The second-order valence-corrected chi connectivity index (χ2v) is 5.33. The number of ether oxygens (including phenoxy) is 1. The molecule has 1 N–H and O–H groups in total. The quantitative estimate of drug-likeness (QED) is 0.922. The van der Waals surface area contributed by atoms with E-state index in [0.29, 0.717) is 12.1 Å². The molecule has 3 nitrogen and oxygen atoms in total. The Morgan fingerprint density at radius 3 is 3.00 bits per heavy atom. The molecule has 20 heavy (non-hydrogen) atoms. The highest BCUT2D eigenvalue weighted by Crippen LogP contribution is 2.35. The molecular weight excluding hydrogens is 248 g/mol. The Balaban J connectivity index is 1.78. The molecule has 0 bridgehead atoms. The zero-order chi connectivity index (χ0) is 13.9. The van der Waals surface area contributed by atoms with Crippen LogP contribution in [0.1, 0.15) is 42.1 Å². The van der Waals surface area contributed by atoms with E-state index in [1.165, 1.54) is 16.7 Å². The third-order valence-corrected chi connectivity index (χ3v) is 4.07. The van der Waals surface area contributed by atoms with Crippen LogP contribution in [0.3, 0.4) is 0 Å². The van der Waals surface area contributed by atoms with E-state index < -0.39 is 0 Å². The maximum absolute atomic E-state index is 5.34. The number of fused-ring (bicyclic) bond motifs is 1. The van der Waals surface area contributed by atoms with E-state index in [2.05, 4.69) is 35.4 Å². The van der Waals surface area contributed by atoms with Crippen LogP contribution in [0.5, 0.6) is 5.75 Å². The van der Waals surface area contributed by atoms with Crippen LogP contribution in [-0.4, -0.2) is 12.1 Å². The molecule has 1 aliphatic carbocycles. The molecule has 2 atom stereocenters. The molecule has 1 heterocycles. The average Bonchev–Trinajstić information content (AvgIpc) is 2.90. The van der Waals surface area contributed by atoms with Gasteiger partial charge in [-0.15, -0.1) is 0 Å². The van der Waals surface area contributed by atoms with Gasteiger partial charge in [0.25, 0.3) is 0 Å². The number of nitrogens with zero attached hydrogens (tertiary/aromatic N) is 1. The van der Waals surface area contributed by atoms with Crippen LogP contribution in [-0.2, 0) is 6.42 Å². The van der Waals surface area contributed by atoms with Crippen molar-refractivity contribution in [2.24, 2.45) is 0 Å².